The van der Waals surface area contributed by atoms with Gasteiger partial charge in [-0.25, -0.2) is 0 Å². The number of para-hydroxylation sites is 2. The predicted octanol–water partition coefficient (Wildman–Crippen LogP) is 5.01. The molecule has 2 heterocycles. The summed E-state index contributed by atoms with van der Waals surface area (Å²) in [7, 11) is 1.49. The number of amides is 1. The first-order valence-electron chi connectivity index (χ1n) is 10.7. The highest BCUT2D eigenvalue weighted by atomic mass is 16.5. The van der Waals surface area contributed by atoms with Crippen molar-refractivity contribution in [2.75, 3.05) is 18.6 Å². The lowest BCUT2D eigenvalue weighted by Gasteiger charge is -2.25. The van der Waals surface area contributed by atoms with Crippen LogP contribution in [0.1, 0.15) is 36.5 Å². The van der Waals surface area contributed by atoms with Crippen LogP contribution in [0.4, 0.5) is 5.69 Å². The van der Waals surface area contributed by atoms with Gasteiger partial charge in [0, 0.05) is 5.56 Å². The molecule has 1 saturated heterocycles. The van der Waals surface area contributed by atoms with Crippen molar-refractivity contribution in [3.05, 3.63) is 83.3 Å². The molecule has 1 aliphatic heterocycles. The minimum absolute atomic E-state index is 0.0533. The van der Waals surface area contributed by atoms with Crippen LogP contribution in [0.15, 0.2) is 70.7 Å². The average Bonchev–Trinajstić information content (AvgIpc) is 3.38. The Morgan fingerprint density at radius 3 is 2.42 bits per heavy atom. The zero-order chi connectivity index (χ0) is 23.5. The number of methoxy groups -OCH3 is 1. The fourth-order valence-electron chi connectivity index (χ4n) is 3.86. The van der Waals surface area contributed by atoms with Gasteiger partial charge in [-0.3, -0.25) is 14.5 Å². The molecule has 0 bridgehead atoms. The number of hydrogen-bond donors (Lipinski definition) is 1. The molecular weight excluding hydrogens is 422 g/mol. The lowest BCUT2D eigenvalue weighted by molar-refractivity contribution is -0.132. The summed E-state index contributed by atoms with van der Waals surface area (Å²) in [6, 6.07) is 16.1. The maximum Gasteiger partial charge on any atom is 0.300 e. The molecule has 0 aliphatic carbocycles. The summed E-state index contributed by atoms with van der Waals surface area (Å²) in [6.07, 6.45) is 0.872. The molecule has 33 heavy (non-hydrogen) atoms. The van der Waals surface area contributed by atoms with E-state index in [1.807, 2.05) is 6.92 Å². The maximum absolute atomic E-state index is 13.2. The molecular formula is C26H25NO6. The van der Waals surface area contributed by atoms with Crippen molar-refractivity contribution in [1.29, 1.82) is 0 Å². The number of aliphatic hydroxyl groups excluding tert-OH is 1. The van der Waals surface area contributed by atoms with Gasteiger partial charge in [0.1, 0.15) is 34.8 Å². The summed E-state index contributed by atoms with van der Waals surface area (Å²) in [5.74, 6) is 0.194. The van der Waals surface area contributed by atoms with E-state index in [9.17, 15) is 14.7 Å². The van der Waals surface area contributed by atoms with Crippen LogP contribution < -0.4 is 14.4 Å². The first kappa shape index (κ1) is 22.2. The Bertz CT molecular complexity index is 1210. The number of carbonyl (C=O) groups excluding carboxylic acids is 2. The van der Waals surface area contributed by atoms with E-state index in [2.05, 4.69) is 0 Å². The molecule has 1 amide bonds. The topological polar surface area (TPSA) is 89.2 Å². The molecule has 7 nitrogen and oxygen atoms in total. The van der Waals surface area contributed by atoms with E-state index in [-0.39, 0.29) is 11.3 Å². The van der Waals surface area contributed by atoms with Crippen LogP contribution in [0.3, 0.4) is 0 Å². The highest BCUT2D eigenvalue weighted by Crippen LogP contribution is 2.45. The number of nitrogens with zero attached hydrogens (tertiary/aromatic N) is 1. The summed E-state index contributed by atoms with van der Waals surface area (Å²) in [5, 5.41) is 11.2. The SMILES string of the molecule is CCCOc1ccc(/C(O)=C2/C(=O)C(=O)N(c3ccccc3OC)C2c2ccc(C)o2)cc1. The molecule has 1 unspecified atom stereocenters. The highest BCUT2D eigenvalue weighted by molar-refractivity contribution is 6.51. The van der Waals surface area contributed by atoms with Crippen molar-refractivity contribution >= 4 is 23.1 Å². The number of aryl methyl sites for hydroxylation is 1. The van der Waals surface area contributed by atoms with E-state index < -0.39 is 17.7 Å². The van der Waals surface area contributed by atoms with Crippen molar-refractivity contribution in [3.8, 4) is 11.5 Å². The zero-order valence-electron chi connectivity index (χ0n) is 18.7. The Hall–Kier alpha value is -4.00. The first-order valence-corrected chi connectivity index (χ1v) is 10.7. The van der Waals surface area contributed by atoms with E-state index in [0.717, 1.165) is 6.42 Å². The fraction of sp³-hybridized carbons (Fsp3) is 0.231. The van der Waals surface area contributed by atoms with Crippen LogP contribution in [-0.2, 0) is 9.59 Å². The van der Waals surface area contributed by atoms with Crippen LogP contribution in [0, 0.1) is 6.92 Å². The van der Waals surface area contributed by atoms with Crippen LogP contribution in [0.5, 0.6) is 11.5 Å². The fourth-order valence-corrected chi connectivity index (χ4v) is 3.86. The van der Waals surface area contributed by atoms with Gasteiger partial charge in [0.2, 0.25) is 0 Å². The largest absolute Gasteiger partial charge is 0.507 e. The van der Waals surface area contributed by atoms with Crippen LogP contribution in [-0.4, -0.2) is 30.5 Å². The summed E-state index contributed by atoms with van der Waals surface area (Å²) in [5.41, 5.74) is 0.746. The van der Waals surface area contributed by atoms with Gasteiger partial charge in [0.25, 0.3) is 11.7 Å². The van der Waals surface area contributed by atoms with Crippen molar-refractivity contribution in [2.24, 2.45) is 0 Å². The molecule has 1 N–H and O–H groups in total. The second-order valence-electron chi connectivity index (χ2n) is 7.66. The number of rotatable bonds is 7. The second-order valence-corrected chi connectivity index (χ2v) is 7.66. The average molecular weight is 447 g/mol. The third-order valence-corrected chi connectivity index (χ3v) is 5.42. The molecule has 4 rings (SSSR count). The first-order chi connectivity index (χ1) is 16.0. The lowest BCUT2D eigenvalue weighted by Crippen LogP contribution is -2.29. The zero-order valence-corrected chi connectivity index (χ0v) is 18.7. The van der Waals surface area contributed by atoms with Crippen LogP contribution >= 0.6 is 0 Å². The van der Waals surface area contributed by atoms with Gasteiger partial charge in [-0.15, -0.1) is 0 Å². The Kier molecular flexibility index (Phi) is 6.22. The van der Waals surface area contributed by atoms with E-state index >= 15 is 0 Å². The molecule has 3 aromatic rings. The number of ether oxygens (including phenoxy) is 2. The van der Waals surface area contributed by atoms with Crippen molar-refractivity contribution in [1.82, 2.24) is 0 Å². The van der Waals surface area contributed by atoms with Crippen molar-refractivity contribution < 1.29 is 28.6 Å². The van der Waals surface area contributed by atoms with E-state index in [1.54, 1.807) is 67.6 Å². The smallest absolute Gasteiger partial charge is 0.300 e. The maximum atomic E-state index is 13.2. The number of ketones is 1. The number of anilines is 1. The number of aliphatic hydroxyl groups is 1. The molecule has 1 aliphatic rings. The predicted molar refractivity (Wildman–Crippen MR) is 123 cm³/mol. The van der Waals surface area contributed by atoms with E-state index in [1.165, 1.54) is 12.0 Å². The van der Waals surface area contributed by atoms with Gasteiger partial charge in [0.05, 0.1) is 25.0 Å². The van der Waals surface area contributed by atoms with Gasteiger partial charge in [0.15, 0.2) is 0 Å². The number of furan rings is 1. The quantitative estimate of drug-likeness (QED) is 0.311. The molecule has 7 heteroatoms. The van der Waals surface area contributed by atoms with Gasteiger partial charge in [-0.1, -0.05) is 19.1 Å². The highest BCUT2D eigenvalue weighted by Gasteiger charge is 2.49. The van der Waals surface area contributed by atoms with Crippen LogP contribution in [0.2, 0.25) is 0 Å². The molecule has 170 valence electrons. The Balaban J connectivity index is 1.85. The van der Waals surface area contributed by atoms with Gasteiger partial charge in [-0.05, 0) is 61.9 Å². The second kappa shape index (κ2) is 9.24. The normalized spacial score (nSPS) is 17.4. The third-order valence-electron chi connectivity index (χ3n) is 5.42. The minimum atomic E-state index is -0.953. The Morgan fingerprint density at radius 2 is 1.79 bits per heavy atom. The van der Waals surface area contributed by atoms with Crippen LogP contribution in [0.25, 0.3) is 5.76 Å². The summed E-state index contributed by atoms with van der Waals surface area (Å²) in [4.78, 5) is 27.7. The summed E-state index contributed by atoms with van der Waals surface area (Å²) < 4.78 is 16.8. The number of benzene rings is 2. The van der Waals surface area contributed by atoms with Gasteiger partial charge < -0.3 is 19.0 Å². The van der Waals surface area contributed by atoms with Gasteiger partial charge in [-0.2, -0.15) is 0 Å². The summed E-state index contributed by atoms with van der Waals surface area (Å²) in [6.45, 7) is 4.36. The number of Topliss-reactive ketones (excluding diaryl/α,β-unsaturated/α-hetero) is 1. The van der Waals surface area contributed by atoms with Gasteiger partial charge >= 0.3 is 0 Å². The molecule has 1 aromatic heterocycles. The Labute approximate surface area is 191 Å². The van der Waals surface area contributed by atoms with Crippen molar-refractivity contribution in [3.63, 3.8) is 0 Å². The monoisotopic (exact) mass is 447 g/mol. The molecule has 1 atom stereocenters. The van der Waals surface area contributed by atoms with E-state index in [0.29, 0.717) is 40.9 Å². The molecule has 1 fully saturated rings. The third kappa shape index (κ3) is 4.09. The number of carbonyl (C=O) groups is 2. The minimum Gasteiger partial charge on any atom is -0.507 e. The standard InChI is InChI=1S/C26H25NO6/c1-4-15-32-18-12-10-17(11-13-18)24(28)22-23(21-14-9-16(2)33-21)27(26(30)25(22)29)19-7-5-6-8-20(19)31-3/h5-14,23,28H,4,15H2,1-3H3/b24-22-. The number of hydrogen-bond acceptors (Lipinski definition) is 6. The lowest BCUT2D eigenvalue weighted by atomic mass is 9.99. The summed E-state index contributed by atoms with van der Waals surface area (Å²) >= 11 is 0. The molecule has 0 radical (unpaired) electrons. The molecule has 2 aromatic carbocycles. The molecule has 0 spiro atoms. The molecule has 0 saturated carbocycles. The Morgan fingerprint density at radius 1 is 1.06 bits per heavy atom. The van der Waals surface area contributed by atoms with Crippen molar-refractivity contribution in [2.45, 2.75) is 26.3 Å². The van der Waals surface area contributed by atoms with E-state index in [4.69, 9.17) is 13.9 Å².